The molecule has 0 spiro atoms. The molecule has 1 nitrogen and oxygen atoms in total. The normalized spacial score (nSPS) is 24.4. The van der Waals surface area contributed by atoms with Gasteiger partial charge < -0.3 is 4.90 Å². The summed E-state index contributed by atoms with van der Waals surface area (Å²) in [5, 5.41) is 0. The van der Waals surface area contributed by atoms with Crippen molar-refractivity contribution in [2.24, 2.45) is 11.3 Å². The fourth-order valence-corrected chi connectivity index (χ4v) is 5.71. The standard InChI is InChI=1S/C31H39N/c1-4-20-31(21-6-5-7-22-31)28-12-9-13-29(19-16-28)32(30-17-14-25(2)15-18-30)24-27-11-8-10-26(3)23-27/h4,8-10,12-19,23,27,29H,1,5-7,11,20-22,24H2,2-3H3. The molecule has 2 atom stereocenters. The van der Waals surface area contributed by atoms with E-state index in [0.29, 0.717) is 5.92 Å². The van der Waals surface area contributed by atoms with Crippen LogP contribution in [0.4, 0.5) is 5.69 Å². The van der Waals surface area contributed by atoms with Crippen LogP contribution in [0.3, 0.4) is 0 Å². The molecule has 0 amide bonds. The zero-order valence-corrected chi connectivity index (χ0v) is 20.0. The molecule has 0 saturated heterocycles. The number of anilines is 1. The average molecular weight is 426 g/mol. The Labute approximate surface area is 195 Å². The predicted molar refractivity (Wildman–Crippen MR) is 140 cm³/mol. The fraction of sp³-hybridized carbons (Fsp3) is 0.419. The van der Waals surface area contributed by atoms with Gasteiger partial charge in [0.1, 0.15) is 0 Å². The topological polar surface area (TPSA) is 3.24 Å². The molecule has 1 aromatic carbocycles. The Morgan fingerprint density at radius 2 is 1.81 bits per heavy atom. The van der Waals surface area contributed by atoms with Crippen LogP contribution >= 0.6 is 0 Å². The number of benzene rings is 1. The largest absolute Gasteiger partial charge is 0.361 e. The second kappa shape index (κ2) is 10.4. The molecule has 2 unspecified atom stereocenters. The van der Waals surface area contributed by atoms with E-state index < -0.39 is 0 Å². The lowest BCUT2D eigenvalue weighted by molar-refractivity contribution is 0.248. The lowest BCUT2D eigenvalue weighted by Gasteiger charge is -2.38. The summed E-state index contributed by atoms with van der Waals surface area (Å²) in [5.74, 6) is 0.546. The van der Waals surface area contributed by atoms with Gasteiger partial charge in [-0.15, -0.1) is 6.58 Å². The number of hydrogen-bond acceptors (Lipinski definition) is 1. The van der Waals surface area contributed by atoms with Gasteiger partial charge in [-0.25, -0.2) is 0 Å². The quantitative estimate of drug-likeness (QED) is 0.397. The molecule has 32 heavy (non-hydrogen) atoms. The molecule has 3 aliphatic rings. The summed E-state index contributed by atoms with van der Waals surface area (Å²) in [5.41, 5.74) is 5.76. The van der Waals surface area contributed by atoms with Crippen LogP contribution < -0.4 is 4.90 Å². The molecule has 1 fully saturated rings. The van der Waals surface area contributed by atoms with Crippen LogP contribution in [-0.2, 0) is 0 Å². The molecular weight excluding hydrogens is 386 g/mol. The minimum absolute atomic E-state index is 0.260. The van der Waals surface area contributed by atoms with Crippen molar-refractivity contribution in [3.05, 3.63) is 102 Å². The van der Waals surface area contributed by atoms with Gasteiger partial charge in [-0.2, -0.15) is 0 Å². The third-order valence-electron chi connectivity index (χ3n) is 7.49. The number of allylic oxidation sites excluding steroid dienone is 8. The number of nitrogens with zero attached hydrogens (tertiary/aromatic N) is 1. The predicted octanol–water partition coefficient (Wildman–Crippen LogP) is 8.27. The molecule has 3 aliphatic carbocycles. The first-order valence-corrected chi connectivity index (χ1v) is 12.5. The van der Waals surface area contributed by atoms with Crippen molar-refractivity contribution in [2.75, 3.05) is 11.4 Å². The van der Waals surface area contributed by atoms with Crippen molar-refractivity contribution >= 4 is 5.69 Å². The summed E-state index contributed by atoms with van der Waals surface area (Å²) in [6.07, 6.45) is 29.9. The van der Waals surface area contributed by atoms with Crippen molar-refractivity contribution in [2.45, 2.75) is 64.8 Å². The highest BCUT2D eigenvalue weighted by Gasteiger charge is 2.33. The Balaban J connectivity index is 1.60. The summed E-state index contributed by atoms with van der Waals surface area (Å²) < 4.78 is 0. The lowest BCUT2D eigenvalue weighted by Crippen LogP contribution is -2.36. The number of rotatable bonds is 7. The van der Waals surface area contributed by atoms with E-state index in [1.54, 1.807) is 0 Å². The van der Waals surface area contributed by atoms with Gasteiger partial charge in [-0.05, 0) is 68.6 Å². The molecule has 0 aromatic heterocycles. The molecule has 1 aromatic rings. The van der Waals surface area contributed by atoms with E-state index in [4.69, 9.17) is 0 Å². The van der Waals surface area contributed by atoms with Crippen LogP contribution in [0, 0.1) is 18.3 Å². The first kappa shape index (κ1) is 22.6. The van der Waals surface area contributed by atoms with Gasteiger partial charge in [-0.1, -0.05) is 97.2 Å². The Hall–Kier alpha value is -2.54. The summed E-state index contributed by atoms with van der Waals surface area (Å²) in [7, 11) is 0. The van der Waals surface area contributed by atoms with Gasteiger partial charge in [0.05, 0.1) is 6.04 Å². The summed E-state index contributed by atoms with van der Waals surface area (Å²) >= 11 is 0. The van der Waals surface area contributed by atoms with Crippen LogP contribution in [0.1, 0.15) is 57.4 Å². The van der Waals surface area contributed by atoms with Crippen LogP contribution in [0.2, 0.25) is 0 Å². The summed E-state index contributed by atoms with van der Waals surface area (Å²) in [6, 6.07) is 9.30. The molecular formula is C31H39N. The van der Waals surface area contributed by atoms with E-state index in [0.717, 1.165) is 19.4 Å². The molecule has 0 N–H and O–H groups in total. The SMILES string of the molecule is C=CCC1(C2=CC=CC(N(CC3C=C(C)C=CC3)c3ccc(C)cc3)C=C2)CCCCC1. The highest BCUT2D eigenvalue weighted by molar-refractivity contribution is 5.52. The maximum atomic E-state index is 4.09. The summed E-state index contributed by atoms with van der Waals surface area (Å²) in [4.78, 5) is 2.58. The minimum atomic E-state index is 0.260. The van der Waals surface area contributed by atoms with Crippen molar-refractivity contribution in [1.82, 2.24) is 0 Å². The van der Waals surface area contributed by atoms with E-state index in [2.05, 4.69) is 104 Å². The van der Waals surface area contributed by atoms with Gasteiger partial charge in [0, 0.05) is 12.2 Å². The third-order valence-corrected chi connectivity index (χ3v) is 7.49. The second-order valence-electron chi connectivity index (χ2n) is 9.99. The Morgan fingerprint density at radius 1 is 1.03 bits per heavy atom. The van der Waals surface area contributed by atoms with Crippen molar-refractivity contribution < 1.29 is 0 Å². The Bertz CT molecular complexity index is 931. The highest BCUT2D eigenvalue weighted by Crippen LogP contribution is 2.46. The maximum absolute atomic E-state index is 4.09. The Kier molecular flexibility index (Phi) is 7.35. The van der Waals surface area contributed by atoms with E-state index in [1.165, 1.54) is 54.5 Å². The molecule has 1 heteroatoms. The van der Waals surface area contributed by atoms with Gasteiger partial charge in [-0.3, -0.25) is 0 Å². The molecule has 1 saturated carbocycles. The van der Waals surface area contributed by atoms with E-state index in [9.17, 15) is 0 Å². The van der Waals surface area contributed by atoms with E-state index in [1.807, 2.05) is 0 Å². The fourth-order valence-electron chi connectivity index (χ4n) is 5.71. The monoisotopic (exact) mass is 425 g/mol. The zero-order valence-electron chi connectivity index (χ0n) is 20.0. The van der Waals surface area contributed by atoms with Crippen LogP contribution in [-0.4, -0.2) is 12.6 Å². The van der Waals surface area contributed by atoms with Gasteiger partial charge in [0.2, 0.25) is 0 Å². The number of aryl methyl sites for hydroxylation is 1. The molecule has 0 aliphatic heterocycles. The van der Waals surface area contributed by atoms with Crippen molar-refractivity contribution in [3.8, 4) is 0 Å². The molecule has 0 heterocycles. The molecule has 4 rings (SSSR count). The summed E-state index contributed by atoms with van der Waals surface area (Å²) in [6.45, 7) is 9.49. The van der Waals surface area contributed by atoms with Gasteiger partial charge in [0.25, 0.3) is 0 Å². The maximum Gasteiger partial charge on any atom is 0.0663 e. The highest BCUT2D eigenvalue weighted by atomic mass is 15.2. The Morgan fingerprint density at radius 3 is 2.53 bits per heavy atom. The van der Waals surface area contributed by atoms with Crippen molar-refractivity contribution in [1.29, 1.82) is 0 Å². The van der Waals surface area contributed by atoms with Crippen LogP contribution in [0.5, 0.6) is 0 Å². The smallest absolute Gasteiger partial charge is 0.0663 e. The molecule has 0 bridgehead atoms. The second-order valence-corrected chi connectivity index (χ2v) is 9.99. The zero-order chi connectivity index (χ0) is 22.4. The first-order chi connectivity index (χ1) is 15.6. The molecule has 0 radical (unpaired) electrons. The van der Waals surface area contributed by atoms with E-state index in [-0.39, 0.29) is 11.5 Å². The van der Waals surface area contributed by atoms with E-state index >= 15 is 0 Å². The van der Waals surface area contributed by atoms with Gasteiger partial charge in [0.15, 0.2) is 0 Å². The van der Waals surface area contributed by atoms with Crippen LogP contribution in [0.25, 0.3) is 0 Å². The molecule has 168 valence electrons. The average Bonchev–Trinajstić information content (AvgIpc) is 3.06. The van der Waals surface area contributed by atoms with Crippen molar-refractivity contribution in [3.63, 3.8) is 0 Å². The lowest BCUT2D eigenvalue weighted by atomic mass is 9.67. The minimum Gasteiger partial charge on any atom is -0.361 e. The first-order valence-electron chi connectivity index (χ1n) is 12.5. The van der Waals surface area contributed by atoms with Gasteiger partial charge >= 0.3 is 0 Å². The number of hydrogen-bond donors (Lipinski definition) is 0. The third kappa shape index (κ3) is 5.26. The van der Waals surface area contributed by atoms with Crippen LogP contribution in [0.15, 0.2) is 96.7 Å².